The molecule has 1 aliphatic heterocycles. The third-order valence-electron chi connectivity index (χ3n) is 7.80. The summed E-state index contributed by atoms with van der Waals surface area (Å²) in [6.07, 6.45) is 5.27. The Morgan fingerprint density at radius 2 is 1.85 bits per heavy atom. The number of likely N-dealkylation sites (tertiary alicyclic amines) is 1. The molecule has 0 bridgehead atoms. The first kappa shape index (κ1) is 23.2. The van der Waals surface area contributed by atoms with E-state index in [9.17, 15) is 9.90 Å². The summed E-state index contributed by atoms with van der Waals surface area (Å²) in [6, 6.07) is 15.5. The van der Waals surface area contributed by atoms with E-state index in [1.54, 1.807) is 11.9 Å². The van der Waals surface area contributed by atoms with Crippen LogP contribution in [0.2, 0.25) is 0 Å². The van der Waals surface area contributed by atoms with Crippen molar-refractivity contribution in [3.63, 3.8) is 0 Å². The number of carboxylic acid groups (broad SMARTS) is 1. The van der Waals surface area contributed by atoms with Gasteiger partial charge in [0, 0.05) is 30.7 Å². The van der Waals surface area contributed by atoms with Gasteiger partial charge in [-0.15, -0.1) is 0 Å². The number of rotatable bonds is 6. The zero-order valence-electron chi connectivity index (χ0n) is 20.3. The van der Waals surface area contributed by atoms with Crippen LogP contribution in [0.25, 0.3) is 11.0 Å². The fraction of sp³-hybridized carbons (Fsp3) is 0.481. The van der Waals surface area contributed by atoms with Crippen LogP contribution in [0.1, 0.15) is 49.4 Å². The lowest BCUT2D eigenvalue weighted by molar-refractivity contribution is -0.144. The summed E-state index contributed by atoms with van der Waals surface area (Å²) >= 11 is 1.67. The standard InChI is InChI=1S/C27H34N4O2S/c1-18-28-25-17-22(11-13-26(25)29(18)2)34-30(3)20-8-6-19(7-9-20)24-16-21(31-14-4-5-15-31)10-12-23(24)27(32)33/h6-9,11,13,17,21,23-24H,4-5,10,12,14-16H2,1-3H3,(H,32,33)/t21-,23?,24+/m1/s1. The number of anilines is 1. The number of imidazole rings is 1. The monoisotopic (exact) mass is 478 g/mol. The van der Waals surface area contributed by atoms with Crippen molar-refractivity contribution < 1.29 is 9.90 Å². The van der Waals surface area contributed by atoms with Gasteiger partial charge < -0.3 is 18.9 Å². The van der Waals surface area contributed by atoms with Crippen molar-refractivity contribution in [1.29, 1.82) is 0 Å². The average molecular weight is 479 g/mol. The van der Waals surface area contributed by atoms with Gasteiger partial charge in [-0.3, -0.25) is 4.79 Å². The van der Waals surface area contributed by atoms with Crippen LogP contribution in [0.5, 0.6) is 0 Å². The van der Waals surface area contributed by atoms with Gasteiger partial charge in [-0.25, -0.2) is 4.98 Å². The van der Waals surface area contributed by atoms with E-state index in [0.717, 1.165) is 52.3 Å². The smallest absolute Gasteiger partial charge is 0.307 e. The van der Waals surface area contributed by atoms with Crippen LogP contribution in [0.15, 0.2) is 47.4 Å². The maximum Gasteiger partial charge on any atom is 0.307 e. The van der Waals surface area contributed by atoms with Gasteiger partial charge in [0.25, 0.3) is 0 Å². The topological polar surface area (TPSA) is 61.6 Å². The predicted octanol–water partition coefficient (Wildman–Crippen LogP) is 5.46. The largest absolute Gasteiger partial charge is 0.481 e. The number of hydrogen-bond donors (Lipinski definition) is 1. The van der Waals surface area contributed by atoms with Gasteiger partial charge in [-0.1, -0.05) is 12.1 Å². The van der Waals surface area contributed by atoms with E-state index in [1.807, 2.05) is 14.0 Å². The maximum atomic E-state index is 12.0. The van der Waals surface area contributed by atoms with Gasteiger partial charge in [0.05, 0.1) is 17.0 Å². The number of nitrogens with zero attached hydrogens (tertiary/aromatic N) is 4. The van der Waals surface area contributed by atoms with Crippen LogP contribution in [0.3, 0.4) is 0 Å². The number of hydrogen-bond acceptors (Lipinski definition) is 5. The third kappa shape index (κ3) is 4.56. The second kappa shape index (κ2) is 9.62. The van der Waals surface area contributed by atoms with Crippen LogP contribution in [0, 0.1) is 12.8 Å². The van der Waals surface area contributed by atoms with E-state index in [4.69, 9.17) is 0 Å². The molecule has 2 aromatic carbocycles. The van der Waals surface area contributed by atoms with E-state index in [2.05, 4.69) is 68.3 Å². The van der Waals surface area contributed by atoms with Gasteiger partial charge in [0.1, 0.15) is 5.82 Å². The molecule has 6 nitrogen and oxygen atoms in total. The lowest BCUT2D eigenvalue weighted by Gasteiger charge is -2.38. The van der Waals surface area contributed by atoms with E-state index in [-0.39, 0.29) is 11.8 Å². The molecule has 5 rings (SSSR count). The summed E-state index contributed by atoms with van der Waals surface area (Å²) < 4.78 is 4.26. The normalized spacial score (nSPS) is 23.4. The highest BCUT2D eigenvalue weighted by Crippen LogP contribution is 2.41. The molecular formula is C27H34N4O2S. The second-order valence-corrected chi connectivity index (χ2v) is 11.0. The predicted molar refractivity (Wildman–Crippen MR) is 138 cm³/mol. The minimum atomic E-state index is -0.651. The second-order valence-electron chi connectivity index (χ2n) is 9.81. The lowest BCUT2D eigenvalue weighted by atomic mass is 9.73. The minimum Gasteiger partial charge on any atom is -0.481 e. The fourth-order valence-electron chi connectivity index (χ4n) is 5.75. The van der Waals surface area contributed by atoms with E-state index in [1.165, 1.54) is 25.9 Å². The quantitative estimate of drug-likeness (QED) is 0.475. The number of aryl methyl sites for hydroxylation is 2. The first-order chi connectivity index (χ1) is 16.4. The van der Waals surface area contributed by atoms with Gasteiger partial charge >= 0.3 is 5.97 Å². The summed E-state index contributed by atoms with van der Waals surface area (Å²) in [7, 11) is 4.11. The molecule has 0 spiro atoms. The molecule has 3 atom stereocenters. The highest BCUT2D eigenvalue weighted by molar-refractivity contribution is 8.00. The summed E-state index contributed by atoms with van der Waals surface area (Å²) in [5, 5.41) is 9.89. The first-order valence-corrected chi connectivity index (χ1v) is 13.1. The molecule has 2 heterocycles. The van der Waals surface area contributed by atoms with Gasteiger partial charge in [0.15, 0.2) is 0 Å². The molecule has 1 aromatic heterocycles. The molecule has 34 heavy (non-hydrogen) atoms. The van der Waals surface area contributed by atoms with Crippen LogP contribution in [-0.4, -0.2) is 51.7 Å². The van der Waals surface area contributed by atoms with Crippen molar-refractivity contribution in [1.82, 2.24) is 14.5 Å². The highest BCUT2D eigenvalue weighted by atomic mass is 32.2. The zero-order chi connectivity index (χ0) is 23.8. The van der Waals surface area contributed by atoms with Crippen molar-refractivity contribution in [3.05, 3.63) is 53.9 Å². The molecule has 3 aromatic rings. The number of fused-ring (bicyclic) bond motifs is 1. The summed E-state index contributed by atoms with van der Waals surface area (Å²) in [5.41, 5.74) is 4.41. The number of aliphatic carboxylic acids is 1. The number of carboxylic acids is 1. The Balaban J connectivity index is 1.30. The summed E-state index contributed by atoms with van der Waals surface area (Å²) in [6.45, 7) is 4.36. The Morgan fingerprint density at radius 3 is 2.56 bits per heavy atom. The Hall–Kier alpha value is -2.51. The summed E-state index contributed by atoms with van der Waals surface area (Å²) in [4.78, 5) is 20.4. The lowest BCUT2D eigenvalue weighted by Crippen LogP contribution is -2.40. The van der Waals surface area contributed by atoms with E-state index in [0.29, 0.717) is 6.04 Å². The highest BCUT2D eigenvalue weighted by Gasteiger charge is 2.38. The number of aromatic nitrogens is 2. The Morgan fingerprint density at radius 1 is 1.12 bits per heavy atom. The van der Waals surface area contributed by atoms with Crippen LogP contribution in [0.4, 0.5) is 5.69 Å². The van der Waals surface area contributed by atoms with Gasteiger partial charge in [-0.05, 0) is 106 Å². The van der Waals surface area contributed by atoms with Gasteiger partial charge in [-0.2, -0.15) is 0 Å². The molecule has 1 aliphatic carbocycles. The number of benzene rings is 2. The molecule has 7 heteroatoms. The minimum absolute atomic E-state index is 0.0821. The van der Waals surface area contributed by atoms with E-state index < -0.39 is 5.97 Å². The molecule has 2 fully saturated rings. The Labute approximate surface area is 206 Å². The zero-order valence-corrected chi connectivity index (χ0v) is 21.1. The van der Waals surface area contributed by atoms with E-state index >= 15 is 0 Å². The molecule has 1 unspecified atom stereocenters. The fourth-order valence-corrected chi connectivity index (χ4v) is 6.59. The molecule has 180 valence electrons. The molecule has 1 saturated heterocycles. The maximum absolute atomic E-state index is 12.0. The molecule has 0 amide bonds. The molecule has 2 aliphatic rings. The van der Waals surface area contributed by atoms with Crippen molar-refractivity contribution in [2.75, 3.05) is 24.4 Å². The summed E-state index contributed by atoms with van der Waals surface area (Å²) in [5.74, 6) is 0.154. The van der Waals surface area contributed by atoms with Crippen molar-refractivity contribution in [2.45, 2.75) is 55.9 Å². The van der Waals surface area contributed by atoms with Crippen molar-refractivity contribution >= 4 is 34.6 Å². The Bertz CT molecular complexity index is 1170. The van der Waals surface area contributed by atoms with Crippen LogP contribution < -0.4 is 4.31 Å². The van der Waals surface area contributed by atoms with Crippen molar-refractivity contribution in [3.8, 4) is 0 Å². The molecule has 1 saturated carbocycles. The molecular weight excluding hydrogens is 444 g/mol. The van der Waals surface area contributed by atoms with Crippen LogP contribution in [-0.2, 0) is 11.8 Å². The third-order valence-corrected chi connectivity index (χ3v) is 8.75. The SMILES string of the molecule is Cc1nc2cc(SN(C)c3ccc([C@@H]4C[C@H](N5CCCC5)CCC4C(=O)O)cc3)ccc2n1C. The Kier molecular flexibility index (Phi) is 6.58. The number of carbonyl (C=O) groups is 1. The first-order valence-electron chi connectivity index (χ1n) is 12.3. The van der Waals surface area contributed by atoms with Gasteiger partial charge in [0.2, 0.25) is 0 Å². The van der Waals surface area contributed by atoms with Crippen molar-refractivity contribution in [2.24, 2.45) is 13.0 Å². The van der Waals surface area contributed by atoms with Crippen LogP contribution >= 0.6 is 11.9 Å². The molecule has 1 N–H and O–H groups in total. The average Bonchev–Trinajstić information content (AvgIpc) is 3.47. The molecule has 0 radical (unpaired) electrons.